The third-order valence-corrected chi connectivity index (χ3v) is 5.92. The number of allylic oxidation sites excluding steroid dienone is 1. The molecule has 0 unspecified atom stereocenters. The number of hydrogen-bond donors (Lipinski definition) is 1. The number of para-hydroxylation sites is 1. The monoisotopic (exact) mass is 432 g/mol. The van der Waals surface area contributed by atoms with Crippen molar-refractivity contribution in [2.75, 3.05) is 19.6 Å². The highest BCUT2D eigenvalue weighted by molar-refractivity contribution is 5.97. The minimum absolute atomic E-state index is 0.0748. The maximum absolute atomic E-state index is 13.0. The number of hydrogen-bond acceptors (Lipinski definition) is 4. The first kappa shape index (κ1) is 22.1. The van der Waals surface area contributed by atoms with Gasteiger partial charge in [0, 0.05) is 38.1 Å². The van der Waals surface area contributed by atoms with Crippen LogP contribution in [0.15, 0.2) is 60.4 Å². The number of aromatic nitrogens is 2. The summed E-state index contributed by atoms with van der Waals surface area (Å²) in [4.78, 5) is 20.1. The molecule has 0 atom stereocenters. The number of nitrogens with one attached hydrogen (secondary N) is 1. The molecular formula is C26H32N4O2. The van der Waals surface area contributed by atoms with Crippen LogP contribution in [0.5, 0.6) is 5.75 Å². The molecule has 1 aliphatic rings. The lowest BCUT2D eigenvalue weighted by Crippen LogP contribution is -2.44. The molecule has 1 N–H and O–H groups in total. The standard InChI is InChI=1S/C26H32N4O2/c1-19(2)10-14-29-15-11-21(12-16-29)28-26(31)23-8-4-5-9-24(23)32-18-22-17-30-13-6-7-20(3)25(30)27-22/h4-10,13,17,21H,11-12,14-16,18H2,1-3H3,(H,28,31). The Morgan fingerprint density at radius 2 is 1.97 bits per heavy atom. The van der Waals surface area contributed by atoms with Crippen LogP contribution < -0.4 is 10.1 Å². The molecule has 0 bridgehead atoms. The van der Waals surface area contributed by atoms with Crippen LogP contribution in [0.2, 0.25) is 0 Å². The van der Waals surface area contributed by atoms with Gasteiger partial charge in [0.1, 0.15) is 18.0 Å². The number of nitrogens with zero attached hydrogens (tertiary/aromatic N) is 3. The van der Waals surface area contributed by atoms with E-state index >= 15 is 0 Å². The molecule has 2 aromatic heterocycles. The van der Waals surface area contributed by atoms with Gasteiger partial charge in [-0.25, -0.2) is 4.98 Å². The molecule has 3 aromatic rings. The molecule has 0 spiro atoms. The summed E-state index contributed by atoms with van der Waals surface area (Å²) in [6, 6.07) is 11.7. The molecule has 0 aliphatic carbocycles. The van der Waals surface area contributed by atoms with Crippen LogP contribution in [0.4, 0.5) is 0 Å². The van der Waals surface area contributed by atoms with Crippen molar-refractivity contribution >= 4 is 11.6 Å². The molecule has 1 aromatic carbocycles. The number of carbonyl (C=O) groups is 1. The van der Waals surface area contributed by atoms with Gasteiger partial charge in [0.2, 0.25) is 0 Å². The largest absolute Gasteiger partial charge is 0.486 e. The molecule has 1 saturated heterocycles. The van der Waals surface area contributed by atoms with E-state index in [9.17, 15) is 4.79 Å². The van der Waals surface area contributed by atoms with Crippen molar-refractivity contribution in [3.8, 4) is 5.75 Å². The minimum atomic E-state index is -0.0748. The summed E-state index contributed by atoms with van der Waals surface area (Å²) < 4.78 is 8.02. The van der Waals surface area contributed by atoms with Crippen LogP contribution >= 0.6 is 0 Å². The van der Waals surface area contributed by atoms with E-state index in [0.717, 1.165) is 49.4 Å². The fourth-order valence-corrected chi connectivity index (χ4v) is 4.04. The number of carbonyl (C=O) groups excluding carboxylic acids is 1. The number of pyridine rings is 1. The Balaban J connectivity index is 1.36. The predicted molar refractivity (Wildman–Crippen MR) is 127 cm³/mol. The van der Waals surface area contributed by atoms with Gasteiger partial charge in [-0.05, 0) is 57.4 Å². The van der Waals surface area contributed by atoms with Crippen molar-refractivity contribution in [2.24, 2.45) is 0 Å². The third-order valence-electron chi connectivity index (χ3n) is 5.92. The lowest BCUT2D eigenvalue weighted by atomic mass is 10.0. The molecule has 0 saturated carbocycles. The lowest BCUT2D eigenvalue weighted by Gasteiger charge is -2.31. The van der Waals surface area contributed by atoms with E-state index in [1.54, 1.807) is 0 Å². The summed E-state index contributed by atoms with van der Waals surface area (Å²) in [5.41, 5.74) is 4.78. The van der Waals surface area contributed by atoms with Crippen molar-refractivity contribution in [3.05, 3.63) is 77.3 Å². The zero-order valence-electron chi connectivity index (χ0n) is 19.2. The topological polar surface area (TPSA) is 58.9 Å². The Morgan fingerprint density at radius 3 is 2.72 bits per heavy atom. The summed E-state index contributed by atoms with van der Waals surface area (Å²) in [6.45, 7) is 9.60. The van der Waals surface area contributed by atoms with Gasteiger partial charge in [0.05, 0.1) is 11.3 Å². The number of benzene rings is 1. The number of amides is 1. The highest BCUT2D eigenvalue weighted by atomic mass is 16.5. The first-order valence-electron chi connectivity index (χ1n) is 11.3. The predicted octanol–water partition coefficient (Wildman–Crippen LogP) is 4.38. The summed E-state index contributed by atoms with van der Waals surface area (Å²) in [5.74, 6) is 0.508. The van der Waals surface area contributed by atoms with Gasteiger partial charge in [0.15, 0.2) is 0 Å². The SMILES string of the molecule is CC(C)=CCN1CCC(NC(=O)c2ccccc2OCc2cn3cccc(C)c3n2)CC1. The van der Waals surface area contributed by atoms with Crippen molar-refractivity contribution in [1.82, 2.24) is 19.6 Å². The smallest absolute Gasteiger partial charge is 0.255 e. The van der Waals surface area contributed by atoms with Crippen molar-refractivity contribution in [3.63, 3.8) is 0 Å². The molecule has 4 rings (SSSR count). The minimum Gasteiger partial charge on any atom is -0.486 e. The van der Waals surface area contributed by atoms with Crippen LogP contribution in [0.3, 0.4) is 0 Å². The van der Waals surface area contributed by atoms with Crippen LogP contribution in [0.1, 0.15) is 48.3 Å². The van der Waals surface area contributed by atoms with E-state index in [4.69, 9.17) is 4.74 Å². The molecule has 6 heteroatoms. The van der Waals surface area contributed by atoms with Gasteiger partial charge in [0.25, 0.3) is 5.91 Å². The Bertz CT molecular complexity index is 1110. The highest BCUT2D eigenvalue weighted by Gasteiger charge is 2.22. The first-order valence-corrected chi connectivity index (χ1v) is 11.3. The summed E-state index contributed by atoms with van der Waals surface area (Å²) in [7, 11) is 0. The molecule has 0 radical (unpaired) electrons. The molecule has 168 valence electrons. The van der Waals surface area contributed by atoms with Gasteiger partial charge >= 0.3 is 0 Å². The Hall–Kier alpha value is -3.12. The van der Waals surface area contributed by atoms with Crippen molar-refractivity contribution in [2.45, 2.75) is 46.3 Å². The average Bonchev–Trinajstić information content (AvgIpc) is 3.22. The number of ether oxygens (including phenoxy) is 1. The molecule has 1 fully saturated rings. The van der Waals surface area contributed by atoms with Crippen molar-refractivity contribution < 1.29 is 9.53 Å². The van der Waals surface area contributed by atoms with Gasteiger partial charge in [-0.2, -0.15) is 0 Å². The number of likely N-dealkylation sites (tertiary alicyclic amines) is 1. The third kappa shape index (κ3) is 5.37. The second kappa shape index (κ2) is 10.0. The van der Waals surface area contributed by atoms with Crippen molar-refractivity contribution in [1.29, 1.82) is 0 Å². The lowest BCUT2D eigenvalue weighted by molar-refractivity contribution is 0.0909. The Morgan fingerprint density at radius 1 is 1.19 bits per heavy atom. The van der Waals surface area contributed by atoms with E-state index in [-0.39, 0.29) is 11.9 Å². The zero-order valence-corrected chi connectivity index (χ0v) is 19.2. The van der Waals surface area contributed by atoms with Gasteiger partial charge in [-0.15, -0.1) is 0 Å². The maximum Gasteiger partial charge on any atom is 0.255 e. The Labute approximate surface area is 189 Å². The van der Waals surface area contributed by atoms with Crippen LogP contribution in [-0.2, 0) is 6.61 Å². The number of imidazole rings is 1. The van der Waals surface area contributed by atoms with Crippen LogP contribution in [0.25, 0.3) is 5.65 Å². The van der Waals surface area contributed by atoms with Gasteiger partial charge in [-0.1, -0.05) is 29.8 Å². The maximum atomic E-state index is 13.0. The second-order valence-electron chi connectivity index (χ2n) is 8.77. The van der Waals surface area contributed by atoms with E-state index in [0.29, 0.717) is 17.9 Å². The zero-order chi connectivity index (χ0) is 22.5. The molecule has 1 amide bonds. The van der Waals surface area contributed by atoms with E-state index < -0.39 is 0 Å². The molecular weight excluding hydrogens is 400 g/mol. The number of aryl methyl sites for hydroxylation is 1. The normalized spacial score (nSPS) is 15.0. The number of fused-ring (bicyclic) bond motifs is 1. The first-order chi connectivity index (χ1) is 15.5. The van der Waals surface area contributed by atoms with E-state index in [1.165, 1.54) is 5.57 Å². The van der Waals surface area contributed by atoms with Crippen LogP contribution in [0, 0.1) is 6.92 Å². The summed E-state index contributed by atoms with van der Waals surface area (Å²) >= 11 is 0. The quantitative estimate of drug-likeness (QED) is 0.563. The fraction of sp³-hybridized carbons (Fsp3) is 0.385. The van der Waals surface area contributed by atoms with Crippen LogP contribution in [-0.4, -0.2) is 45.9 Å². The van der Waals surface area contributed by atoms with Gasteiger partial charge < -0.3 is 14.5 Å². The second-order valence-corrected chi connectivity index (χ2v) is 8.77. The number of piperidine rings is 1. The summed E-state index contributed by atoms with van der Waals surface area (Å²) in [6.07, 6.45) is 8.13. The Kier molecular flexibility index (Phi) is 6.90. The summed E-state index contributed by atoms with van der Waals surface area (Å²) in [5, 5.41) is 3.21. The molecule has 1 aliphatic heterocycles. The fourth-order valence-electron chi connectivity index (χ4n) is 4.04. The van der Waals surface area contributed by atoms with E-state index in [2.05, 4.69) is 35.1 Å². The van der Waals surface area contributed by atoms with E-state index in [1.807, 2.05) is 60.1 Å². The molecule has 3 heterocycles. The highest BCUT2D eigenvalue weighted by Crippen LogP contribution is 2.21. The molecule has 6 nitrogen and oxygen atoms in total. The van der Waals surface area contributed by atoms with Gasteiger partial charge in [-0.3, -0.25) is 9.69 Å². The molecule has 32 heavy (non-hydrogen) atoms. The average molecular weight is 433 g/mol. The number of rotatable bonds is 7.